The highest BCUT2D eigenvalue weighted by Crippen LogP contribution is 2.12. The second-order valence-corrected chi connectivity index (χ2v) is 4.44. The van der Waals surface area contributed by atoms with Crippen LogP contribution >= 0.6 is 0 Å². The highest BCUT2D eigenvalue weighted by Gasteiger charge is 2.21. The van der Waals surface area contributed by atoms with Crippen LogP contribution in [0.5, 0.6) is 0 Å². The molecular weight excluding hydrogens is 208 g/mol. The standard InChI is InChI=1S/C11H20N2O3/c1-8-7-9(13-11(16)12-8)5-3-2-4-6-10(14)15/h8-9H,2-7H2,1H3,(H,14,15)(H2,12,13,16). The summed E-state index contributed by atoms with van der Waals surface area (Å²) in [5.74, 6) is -0.733. The Balaban J connectivity index is 2.08. The Labute approximate surface area is 95.6 Å². The van der Waals surface area contributed by atoms with Crippen molar-refractivity contribution in [3.8, 4) is 0 Å². The van der Waals surface area contributed by atoms with Crippen molar-refractivity contribution in [1.82, 2.24) is 10.6 Å². The summed E-state index contributed by atoms with van der Waals surface area (Å²) < 4.78 is 0. The van der Waals surface area contributed by atoms with Gasteiger partial charge in [0.05, 0.1) is 0 Å². The molecule has 2 atom stereocenters. The van der Waals surface area contributed by atoms with Gasteiger partial charge < -0.3 is 15.7 Å². The number of aliphatic carboxylic acids is 1. The molecule has 0 radical (unpaired) electrons. The van der Waals surface area contributed by atoms with Crippen molar-refractivity contribution in [2.24, 2.45) is 0 Å². The molecule has 1 heterocycles. The highest BCUT2D eigenvalue weighted by atomic mass is 16.4. The minimum atomic E-state index is -0.733. The lowest BCUT2D eigenvalue weighted by atomic mass is 10.00. The van der Waals surface area contributed by atoms with E-state index in [1.165, 1.54) is 0 Å². The van der Waals surface area contributed by atoms with Crippen molar-refractivity contribution in [3.05, 3.63) is 0 Å². The number of carbonyl (C=O) groups excluding carboxylic acids is 1. The zero-order valence-electron chi connectivity index (χ0n) is 9.66. The van der Waals surface area contributed by atoms with Gasteiger partial charge in [0.1, 0.15) is 0 Å². The summed E-state index contributed by atoms with van der Waals surface area (Å²) >= 11 is 0. The van der Waals surface area contributed by atoms with Crippen LogP contribution in [0.2, 0.25) is 0 Å². The topological polar surface area (TPSA) is 78.4 Å². The van der Waals surface area contributed by atoms with Gasteiger partial charge >= 0.3 is 12.0 Å². The van der Waals surface area contributed by atoms with Gasteiger partial charge in [-0.05, 0) is 26.2 Å². The SMILES string of the molecule is CC1CC(CCCCCC(=O)O)NC(=O)N1. The second kappa shape index (κ2) is 6.35. The number of unbranched alkanes of at least 4 members (excludes halogenated alkanes) is 2. The molecule has 92 valence electrons. The maximum atomic E-state index is 11.2. The molecule has 0 spiro atoms. The summed E-state index contributed by atoms with van der Waals surface area (Å²) in [7, 11) is 0. The fraction of sp³-hybridized carbons (Fsp3) is 0.818. The van der Waals surface area contributed by atoms with E-state index in [1.54, 1.807) is 0 Å². The van der Waals surface area contributed by atoms with E-state index in [9.17, 15) is 9.59 Å². The van der Waals surface area contributed by atoms with E-state index in [2.05, 4.69) is 10.6 Å². The number of carbonyl (C=O) groups is 2. The Kier molecular flexibility index (Phi) is 5.08. The zero-order valence-corrected chi connectivity index (χ0v) is 9.66. The Morgan fingerprint density at radius 1 is 1.38 bits per heavy atom. The molecule has 1 rings (SSSR count). The van der Waals surface area contributed by atoms with Gasteiger partial charge in [-0.15, -0.1) is 0 Å². The molecule has 0 aliphatic carbocycles. The average Bonchev–Trinajstić information content (AvgIpc) is 2.15. The predicted octanol–water partition coefficient (Wildman–Crippen LogP) is 1.48. The number of nitrogens with one attached hydrogen (secondary N) is 2. The summed E-state index contributed by atoms with van der Waals surface area (Å²) in [6, 6.07) is 0.389. The molecule has 0 aromatic rings. The smallest absolute Gasteiger partial charge is 0.315 e. The molecule has 16 heavy (non-hydrogen) atoms. The number of rotatable bonds is 6. The Morgan fingerprint density at radius 3 is 2.75 bits per heavy atom. The average molecular weight is 228 g/mol. The van der Waals surface area contributed by atoms with Gasteiger partial charge in [0, 0.05) is 18.5 Å². The third-order valence-corrected chi connectivity index (χ3v) is 2.79. The minimum absolute atomic E-state index is 0.0886. The van der Waals surface area contributed by atoms with Crippen LogP contribution in [0, 0.1) is 0 Å². The number of hydrogen-bond donors (Lipinski definition) is 3. The third kappa shape index (κ3) is 5.00. The first-order chi connectivity index (χ1) is 7.58. The second-order valence-electron chi connectivity index (χ2n) is 4.44. The van der Waals surface area contributed by atoms with E-state index < -0.39 is 5.97 Å². The highest BCUT2D eigenvalue weighted by molar-refractivity contribution is 5.75. The lowest BCUT2D eigenvalue weighted by molar-refractivity contribution is -0.137. The maximum Gasteiger partial charge on any atom is 0.315 e. The number of hydrogen-bond acceptors (Lipinski definition) is 2. The third-order valence-electron chi connectivity index (χ3n) is 2.79. The molecule has 0 aromatic heterocycles. The molecule has 3 N–H and O–H groups in total. The number of urea groups is 1. The van der Waals surface area contributed by atoms with Gasteiger partial charge in [0.25, 0.3) is 0 Å². The van der Waals surface area contributed by atoms with E-state index in [1.807, 2.05) is 6.92 Å². The number of carboxylic acid groups (broad SMARTS) is 1. The first-order valence-electron chi connectivity index (χ1n) is 5.86. The monoisotopic (exact) mass is 228 g/mol. The van der Waals surface area contributed by atoms with E-state index >= 15 is 0 Å². The van der Waals surface area contributed by atoms with Crippen LogP contribution in [0.3, 0.4) is 0 Å². The molecule has 0 bridgehead atoms. The fourth-order valence-corrected chi connectivity index (χ4v) is 2.03. The molecule has 2 unspecified atom stereocenters. The Hall–Kier alpha value is -1.26. The molecule has 0 saturated carbocycles. The van der Waals surface area contributed by atoms with Crippen LogP contribution < -0.4 is 10.6 Å². The van der Waals surface area contributed by atoms with Crippen LogP contribution in [0.15, 0.2) is 0 Å². The van der Waals surface area contributed by atoms with Crippen LogP contribution in [0.4, 0.5) is 4.79 Å². The predicted molar refractivity (Wildman–Crippen MR) is 60.3 cm³/mol. The van der Waals surface area contributed by atoms with Gasteiger partial charge in [0.15, 0.2) is 0 Å². The zero-order chi connectivity index (χ0) is 12.0. The van der Waals surface area contributed by atoms with Crippen molar-refractivity contribution in [1.29, 1.82) is 0 Å². The molecule has 0 aromatic carbocycles. The number of carboxylic acids is 1. The van der Waals surface area contributed by atoms with Crippen molar-refractivity contribution in [2.45, 2.75) is 57.5 Å². The lowest BCUT2D eigenvalue weighted by Gasteiger charge is -2.29. The summed E-state index contributed by atoms with van der Waals surface area (Å²) in [5, 5.41) is 14.1. The molecule has 1 saturated heterocycles. The largest absolute Gasteiger partial charge is 0.481 e. The Morgan fingerprint density at radius 2 is 2.12 bits per heavy atom. The van der Waals surface area contributed by atoms with E-state index in [0.29, 0.717) is 0 Å². The van der Waals surface area contributed by atoms with Gasteiger partial charge in [-0.2, -0.15) is 0 Å². The molecule has 1 aliphatic heterocycles. The fourth-order valence-electron chi connectivity index (χ4n) is 2.03. The summed E-state index contributed by atoms with van der Waals surface area (Å²) in [6.45, 7) is 2.00. The molecule has 5 nitrogen and oxygen atoms in total. The Bertz CT molecular complexity index is 256. The van der Waals surface area contributed by atoms with Crippen LogP contribution in [-0.4, -0.2) is 29.2 Å². The quantitative estimate of drug-likeness (QED) is 0.602. The summed E-state index contributed by atoms with van der Waals surface area (Å²) in [5.41, 5.74) is 0. The first kappa shape index (κ1) is 12.8. The van der Waals surface area contributed by atoms with Gasteiger partial charge in [0.2, 0.25) is 0 Å². The minimum Gasteiger partial charge on any atom is -0.481 e. The number of amides is 2. The van der Waals surface area contributed by atoms with Gasteiger partial charge in [-0.3, -0.25) is 4.79 Å². The molecule has 1 fully saturated rings. The molecule has 2 amide bonds. The summed E-state index contributed by atoms with van der Waals surface area (Å²) in [6.07, 6.45) is 4.76. The summed E-state index contributed by atoms with van der Waals surface area (Å²) in [4.78, 5) is 21.4. The van der Waals surface area contributed by atoms with E-state index in [0.717, 1.165) is 32.1 Å². The van der Waals surface area contributed by atoms with Crippen molar-refractivity contribution in [2.75, 3.05) is 0 Å². The van der Waals surface area contributed by atoms with E-state index in [-0.39, 0.29) is 24.5 Å². The van der Waals surface area contributed by atoms with Gasteiger partial charge in [-0.1, -0.05) is 12.8 Å². The van der Waals surface area contributed by atoms with Crippen LogP contribution in [0.25, 0.3) is 0 Å². The molecule has 1 aliphatic rings. The van der Waals surface area contributed by atoms with Crippen LogP contribution in [0.1, 0.15) is 45.4 Å². The van der Waals surface area contributed by atoms with Crippen molar-refractivity contribution < 1.29 is 14.7 Å². The van der Waals surface area contributed by atoms with Gasteiger partial charge in [-0.25, -0.2) is 4.79 Å². The molecular formula is C11H20N2O3. The molecule has 5 heteroatoms. The van der Waals surface area contributed by atoms with Crippen LogP contribution in [-0.2, 0) is 4.79 Å². The normalized spacial score (nSPS) is 24.7. The maximum absolute atomic E-state index is 11.2. The van der Waals surface area contributed by atoms with Crippen molar-refractivity contribution in [3.63, 3.8) is 0 Å². The van der Waals surface area contributed by atoms with Crippen molar-refractivity contribution >= 4 is 12.0 Å². The first-order valence-corrected chi connectivity index (χ1v) is 5.86. The van der Waals surface area contributed by atoms with E-state index in [4.69, 9.17) is 5.11 Å². The lowest BCUT2D eigenvalue weighted by Crippen LogP contribution is -2.53.